The summed E-state index contributed by atoms with van der Waals surface area (Å²) in [5.74, 6) is 0.917. The molecule has 0 amide bonds. The quantitative estimate of drug-likeness (QED) is 0.474. The monoisotopic (exact) mass is 456 g/mol. The van der Waals surface area contributed by atoms with Crippen molar-refractivity contribution in [3.8, 4) is 0 Å². The number of halogens is 2. The minimum atomic E-state index is -0.101. The maximum atomic E-state index is 14.9. The summed E-state index contributed by atoms with van der Waals surface area (Å²) in [7, 11) is 0. The van der Waals surface area contributed by atoms with E-state index in [0.717, 1.165) is 47.4 Å². The van der Waals surface area contributed by atoms with E-state index in [1.807, 2.05) is 6.07 Å². The molecule has 2 nitrogen and oxygen atoms in total. The maximum absolute atomic E-state index is 14.9. The Morgan fingerprint density at radius 3 is 2.86 bits per heavy atom. The summed E-state index contributed by atoms with van der Waals surface area (Å²) in [6.07, 6.45) is 8.71. The third-order valence-corrected chi connectivity index (χ3v) is 6.82. The molecule has 0 aliphatic carbocycles. The molecule has 2 heterocycles. The van der Waals surface area contributed by atoms with Gasteiger partial charge in [0.2, 0.25) is 0 Å². The first-order valence-electron chi connectivity index (χ1n) is 11.0. The highest BCUT2D eigenvalue weighted by molar-refractivity contribution is 9.10. The zero-order valence-electron chi connectivity index (χ0n) is 17.3. The van der Waals surface area contributed by atoms with E-state index >= 15 is 0 Å². The van der Waals surface area contributed by atoms with Crippen molar-refractivity contribution in [3.05, 3.63) is 68.9 Å². The van der Waals surface area contributed by atoms with Gasteiger partial charge in [-0.05, 0) is 79.8 Å². The number of amidine groups is 1. The van der Waals surface area contributed by atoms with Crippen molar-refractivity contribution in [2.45, 2.75) is 64.3 Å². The molecule has 0 saturated carbocycles. The number of hydrogen-bond acceptors (Lipinski definition) is 2. The molecule has 1 fully saturated rings. The van der Waals surface area contributed by atoms with Crippen molar-refractivity contribution in [3.63, 3.8) is 0 Å². The third-order valence-electron chi connectivity index (χ3n) is 6.32. The molecule has 1 atom stereocenters. The second-order valence-electron chi connectivity index (χ2n) is 8.29. The summed E-state index contributed by atoms with van der Waals surface area (Å²) >= 11 is 3.61. The Bertz CT molecular complexity index is 892. The fourth-order valence-electron chi connectivity index (χ4n) is 4.71. The van der Waals surface area contributed by atoms with Crippen LogP contribution in [0.3, 0.4) is 0 Å². The van der Waals surface area contributed by atoms with Crippen LogP contribution in [0, 0.1) is 5.82 Å². The van der Waals surface area contributed by atoms with Crippen LogP contribution in [0.2, 0.25) is 0 Å². The largest absolute Gasteiger partial charge is 0.352 e. The van der Waals surface area contributed by atoms with E-state index in [9.17, 15) is 4.39 Å². The van der Waals surface area contributed by atoms with E-state index in [1.165, 1.54) is 43.2 Å². The maximum Gasteiger partial charge on any atom is 0.131 e. The lowest BCUT2D eigenvalue weighted by Crippen LogP contribution is -2.41. The molecule has 4 rings (SSSR count). The predicted octanol–water partition coefficient (Wildman–Crippen LogP) is 6.33. The summed E-state index contributed by atoms with van der Waals surface area (Å²) in [6, 6.07) is 12.6. The standard InChI is InChI=1S/C25H30BrFN2/c1-2-3-7-18-11-13-20(26)16-19(18)12-14-22-23(9-6-10-24(22)27)25-28-17-21-8-4-5-15-29(21)25/h6,9-11,13,16,21H,2-5,7-8,12,14-15,17H2,1H3. The first-order chi connectivity index (χ1) is 14.2. The Hall–Kier alpha value is -1.68. The summed E-state index contributed by atoms with van der Waals surface area (Å²) < 4.78 is 16.0. The summed E-state index contributed by atoms with van der Waals surface area (Å²) in [6.45, 7) is 4.13. The Balaban J connectivity index is 1.58. The molecule has 2 aliphatic heterocycles. The van der Waals surface area contributed by atoms with Gasteiger partial charge in [0.15, 0.2) is 0 Å². The Labute approximate surface area is 182 Å². The Kier molecular flexibility index (Phi) is 6.69. The van der Waals surface area contributed by atoms with Crippen LogP contribution >= 0.6 is 15.9 Å². The number of piperidine rings is 1. The summed E-state index contributed by atoms with van der Waals surface area (Å²) in [4.78, 5) is 7.27. The second kappa shape index (κ2) is 9.42. The van der Waals surface area contributed by atoms with E-state index < -0.39 is 0 Å². The van der Waals surface area contributed by atoms with Crippen LogP contribution in [0.4, 0.5) is 4.39 Å². The van der Waals surface area contributed by atoms with Crippen LogP contribution in [-0.2, 0) is 19.3 Å². The van der Waals surface area contributed by atoms with E-state index in [0.29, 0.717) is 12.5 Å². The molecule has 29 heavy (non-hydrogen) atoms. The van der Waals surface area contributed by atoms with Gasteiger partial charge >= 0.3 is 0 Å². The number of unbranched alkanes of at least 4 members (excludes halogenated alkanes) is 1. The number of benzene rings is 2. The second-order valence-corrected chi connectivity index (χ2v) is 9.21. The molecule has 0 radical (unpaired) electrons. The highest BCUT2D eigenvalue weighted by atomic mass is 79.9. The van der Waals surface area contributed by atoms with Gasteiger partial charge in [-0.15, -0.1) is 0 Å². The van der Waals surface area contributed by atoms with Gasteiger partial charge in [-0.25, -0.2) is 4.39 Å². The molecule has 1 saturated heterocycles. The van der Waals surface area contributed by atoms with Gasteiger partial charge in [-0.2, -0.15) is 0 Å². The lowest BCUT2D eigenvalue weighted by molar-refractivity contribution is 0.269. The minimum absolute atomic E-state index is 0.101. The van der Waals surface area contributed by atoms with Crippen LogP contribution in [0.25, 0.3) is 0 Å². The Morgan fingerprint density at radius 2 is 2.00 bits per heavy atom. The molecule has 0 aromatic heterocycles. The van der Waals surface area contributed by atoms with Crippen LogP contribution in [0.1, 0.15) is 61.3 Å². The fraction of sp³-hybridized carbons (Fsp3) is 0.480. The van der Waals surface area contributed by atoms with E-state index in [2.05, 4.69) is 52.0 Å². The smallest absolute Gasteiger partial charge is 0.131 e. The normalized spacial score (nSPS) is 18.7. The lowest BCUT2D eigenvalue weighted by atomic mass is 9.94. The molecule has 2 aromatic rings. The van der Waals surface area contributed by atoms with Gasteiger partial charge in [0.05, 0.1) is 12.6 Å². The van der Waals surface area contributed by atoms with Crippen LogP contribution in [-0.4, -0.2) is 29.9 Å². The van der Waals surface area contributed by atoms with E-state index in [-0.39, 0.29) is 5.82 Å². The lowest BCUT2D eigenvalue weighted by Gasteiger charge is -2.32. The zero-order valence-corrected chi connectivity index (χ0v) is 18.8. The Morgan fingerprint density at radius 1 is 1.10 bits per heavy atom. The van der Waals surface area contributed by atoms with Crippen molar-refractivity contribution in [1.82, 2.24) is 4.90 Å². The molecule has 0 spiro atoms. The van der Waals surface area contributed by atoms with Gasteiger partial charge in [-0.3, -0.25) is 4.99 Å². The van der Waals surface area contributed by atoms with Crippen molar-refractivity contribution in [2.75, 3.05) is 13.1 Å². The molecule has 154 valence electrons. The minimum Gasteiger partial charge on any atom is -0.352 e. The third kappa shape index (κ3) is 4.58. The topological polar surface area (TPSA) is 15.6 Å². The number of fused-ring (bicyclic) bond motifs is 1. The average Bonchev–Trinajstić information content (AvgIpc) is 3.16. The number of aryl methyl sites for hydroxylation is 2. The van der Waals surface area contributed by atoms with Crippen molar-refractivity contribution >= 4 is 21.8 Å². The van der Waals surface area contributed by atoms with Gasteiger partial charge in [0, 0.05) is 16.6 Å². The van der Waals surface area contributed by atoms with Gasteiger partial charge in [-0.1, -0.05) is 47.5 Å². The molecule has 2 aromatic carbocycles. The molecule has 0 N–H and O–H groups in total. The van der Waals surface area contributed by atoms with Crippen LogP contribution < -0.4 is 0 Å². The molecule has 0 bridgehead atoms. The molecular formula is C25H30BrFN2. The fourth-order valence-corrected chi connectivity index (χ4v) is 5.12. The number of rotatable bonds is 7. The first kappa shape index (κ1) is 20.6. The average molecular weight is 457 g/mol. The van der Waals surface area contributed by atoms with E-state index in [4.69, 9.17) is 4.99 Å². The number of nitrogens with zero attached hydrogens (tertiary/aromatic N) is 2. The highest BCUT2D eigenvalue weighted by Gasteiger charge is 2.31. The van der Waals surface area contributed by atoms with E-state index in [1.54, 1.807) is 6.07 Å². The van der Waals surface area contributed by atoms with Crippen molar-refractivity contribution in [2.24, 2.45) is 4.99 Å². The van der Waals surface area contributed by atoms with Gasteiger partial charge in [0.25, 0.3) is 0 Å². The molecular weight excluding hydrogens is 427 g/mol. The molecule has 1 unspecified atom stereocenters. The van der Waals surface area contributed by atoms with Gasteiger partial charge < -0.3 is 4.90 Å². The highest BCUT2D eigenvalue weighted by Crippen LogP contribution is 2.28. The summed E-state index contributed by atoms with van der Waals surface area (Å²) in [5, 5.41) is 0. The van der Waals surface area contributed by atoms with Crippen LogP contribution in [0.5, 0.6) is 0 Å². The SMILES string of the molecule is CCCCc1ccc(Br)cc1CCc1c(F)cccc1C1=NCC2CCCCN12. The summed E-state index contributed by atoms with van der Waals surface area (Å²) in [5.41, 5.74) is 4.53. The predicted molar refractivity (Wildman–Crippen MR) is 122 cm³/mol. The van der Waals surface area contributed by atoms with Gasteiger partial charge in [0.1, 0.15) is 11.7 Å². The molecule has 4 heteroatoms. The van der Waals surface area contributed by atoms with Crippen molar-refractivity contribution in [1.29, 1.82) is 0 Å². The first-order valence-corrected chi connectivity index (χ1v) is 11.8. The molecule has 2 aliphatic rings. The van der Waals surface area contributed by atoms with Crippen LogP contribution in [0.15, 0.2) is 45.9 Å². The number of aliphatic imine (C=N–C) groups is 1. The zero-order chi connectivity index (χ0) is 20.2. The van der Waals surface area contributed by atoms with Crippen molar-refractivity contribution < 1.29 is 4.39 Å². The number of hydrogen-bond donors (Lipinski definition) is 0.